The van der Waals surface area contributed by atoms with Crippen LogP contribution >= 0.6 is 0 Å². The molecule has 0 bridgehead atoms. The van der Waals surface area contributed by atoms with Gasteiger partial charge in [0.05, 0.1) is 35.6 Å². The average Bonchev–Trinajstić information content (AvgIpc) is 2.95. The van der Waals surface area contributed by atoms with Gasteiger partial charge in [-0.2, -0.15) is 20.4 Å². The van der Waals surface area contributed by atoms with Gasteiger partial charge in [0.15, 0.2) is 0 Å². The topological polar surface area (TPSA) is 111 Å². The summed E-state index contributed by atoms with van der Waals surface area (Å²) in [6.07, 6.45) is 12.2. The first kappa shape index (κ1) is 25.4. The van der Waals surface area contributed by atoms with Gasteiger partial charge in [-0.3, -0.25) is 19.6 Å². The standard InChI is InChI=1S/C30H30N6O2/c37-27(16-21-8-12-31-13-9-21)19-25-4-6-29(35-33-25)23-2-1-3-24(18-23)30-7-5-26(34-36-30)20-28(38)17-22-10-14-32-15-11-22/h4-15,23-24H,1-3,16-20H2/t23-,24-/m0/s1. The van der Waals surface area contributed by atoms with E-state index in [0.717, 1.165) is 48.2 Å². The molecule has 0 N–H and O–H groups in total. The number of aromatic nitrogens is 6. The number of ketones is 2. The van der Waals surface area contributed by atoms with E-state index in [9.17, 15) is 9.59 Å². The van der Waals surface area contributed by atoms with Crippen molar-refractivity contribution in [1.82, 2.24) is 30.4 Å². The van der Waals surface area contributed by atoms with Gasteiger partial charge in [-0.15, -0.1) is 0 Å². The van der Waals surface area contributed by atoms with Crippen LogP contribution < -0.4 is 0 Å². The van der Waals surface area contributed by atoms with Crippen molar-refractivity contribution in [3.8, 4) is 0 Å². The van der Waals surface area contributed by atoms with Gasteiger partial charge < -0.3 is 0 Å². The minimum Gasteiger partial charge on any atom is -0.299 e. The molecule has 4 aromatic heterocycles. The Morgan fingerprint density at radius 3 is 1.42 bits per heavy atom. The average molecular weight is 507 g/mol. The van der Waals surface area contributed by atoms with E-state index in [-0.39, 0.29) is 24.4 Å². The second-order valence-corrected chi connectivity index (χ2v) is 9.95. The second-order valence-electron chi connectivity index (χ2n) is 9.95. The number of carbonyl (C=O) groups excluding carboxylic acids is 2. The normalized spacial score (nSPS) is 17.2. The van der Waals surface area contributed by atoms with Crippen LogP contribution in [0.3, 0.4) is 0 Å². The van der Waals surface area contributed by atoms with Crippen molar-refractivity contribution in [1.29, 1.82) is 0 Å². The van der Waals surface area contributed by atoms with Crippen LogP contribution in [0.4, 0.5) is 0 Å². The van der Waals surface area contributed by atoms with E-state index in [1.165, 1.54) is 0 Å². The Morgan fingerprint density at radius 1 is 0.579 bits per heavy atom. The molecular weight excluding hydrogens is 476 g/mol. The summed E-state index contributed by atoms with van der Waals surface area (Å²) in [4.78, 5) is 32.8. The lowest BCUT2D eigenvalue weighted by atomic mass is 9.78. The highest BCUT2D eigenvalue weighted by atomic mass is 16.1. The van der Waals surface area contributed by atoms with Gasteiger partial charge in [-0.05, 0) is 78.9 Å². The molecule has 8 heteroatoms. The Kier molecular flexibility index (Phi) is 8.28. The van der Waals surface area contributed by atoms with Crippen molar-refractivity contribution >= 4 is 11.6 Å². The Hall–Kier alpha value is -4.20. The minimum atomic E-state index is 0.108. The SMILES string of the molecule is O=C(Cc1ccncc1)Cc1ccc([C@H]2CCC[C@H](c3ccc(CC(=O)Cc4ccncc4)nn3)C2)nn1. The van der Waals surface area contributed by atoms with Crippen molar-refractivity contribution in [2.75, 3.05) is 0 Å². The van der Waals surface area contributed by atoms with E-state index in [1.54, 1.807) is 24.8 Å². The summed E-state index contributed by atoms with van der Waals surface area (Å²) in [5, 5.41) is 17.7. The molecule has 38 heavy (non-hydrogen) atoms. The molecule has 0 unspecified atom stereocenters. The summed E-state index contributed by atoms with van der Waals surface area (Å²) >= 11 is 0. The molecule has 4 heterocycles. The maximum absolute atomic E-state index is 12.4. The largest absolute Gasteiger partial charge is 0.299 e. The first-order chi connectivity index (χ1) is 18.6. The van der Waals surface area contributed by atoms with Crippen molar-refractivity contribution in [2.45, 2.75) is 63.2 Å². The molecule has 1 saturated carbocycles. The van der Waals surface area contributed by atoms with E-state index in [2.05, 4.69) is 30.4 Å². The molecule has 5 rings (SSSR count). The zero-order chi connectivity index (χ0) is 26.2. The van der Waals surface area contributed by atoms with Gasteiger partial charge in [0.25, 0.3) is 0 Å². The molecule has 1 aliphatic carbocycles. The van der Waals surface area contributed by atoms with Crippen LogP contribution in [-0.4, -0.2) is 41.9 Å². The summed E-state index contributed by atoms with van der Waals surface area (Å²) in [6, 6.07) is 15.3. The molecule has 2 atom stereocenters. The molecule has 4 aromatic rings. The quantitative estimate of drug-likeness (QED) is 0.315. The molecule has 0 spiro atoms. The predicted molar refractivity (Wildman–Crippen MR) is 141 cm³/mol. The van der Waals surface area contributed by atoms with E-state index >= 15 is 0 Å². The molecule has 0 amide bonds. The summed E-state index contributed by atoms with van der Waals surface area (Å²) in [6.45, 7) is 0. The number of hydrogen-bond donors (Lipinski definition) is 0. The highest BCUT2D eigenvalue weighted by molar-refractivity contribution is 5.83. The summed E-state index contributed by atoms with van der Waals surface area (Å²) in [5.41, 5.74) is 5.23. The molecule has 8 nitrogen and oxygen atoms in total. The fourth-order valence-corrected chi connectivity index (χ4v) is 5.08. The van der Waals surface area contributed by atoms with Crippen molar-refractivity contribution < 1.29 is 9.59 Å². The molecule has 0 saturated heterocycles. The van der Waals surface area contributed by atoms with Crippen molar-refractivity contribution in [3.05, 3.63) is 107 Å². The Morgan fingerprint density at radius 2 is 1.03 bits per heavy atom. The maximum Gasteiger partial charge on any atom is 0.143 e. The molecule has 1 aliphatic rings. The van der Waals surface area contributed by atoms with Crippen LogP contribution in [-0.2, 0) is 35.3 Å². The zero-order valence-corrected chi connectivity index (χ0v) is 21.2. The molecule has 0 aliphatic heterocycles. The maximum atomic E-state index is 12.4. The Bertz CT molecular complexity index is 1240. The third-order valence-corrected chi connectivity index (χ3v) is 7.05. The lowest BCUT2D eigenvalue weighted by Crippen LogP contribution is -2.17. The molecule has 0 radical (unpaired) electrons. The number of rotatable bonds is 10. The highest BCUT2D eigenvalue weighted by Crippen LogP contribution is 2.39. The van der Waals surface area contributed by atoms with E-state index in [4.69, 9.17) is 0 Å². The van der Waals surface area contributed by atoms with Gasteiger partial charge >= 0.3 is 0 Å². The zero-order valence-electron chi connectivity index (χ0n) is 21.2. The van der Waals surface area contributed by atoms with E-state index < -0.39 is 0 Å². The van der Waals surface area contributed by atoms with Crippen LogP contribution in [0.25, 0.3) is 0 Å². The summed E-state index contributed by atoms with van der Waals surface area (Å²) < 4.78 is 0. The number of carbonyl (C=O) groups is 2. The lowest BCUT2D eigenvalue weighted by Gasteiger charge is -2.28. The first-order valence-corrected chi connectivity index (χ1v) is 13.1. The molecular formula is C30H30N6O2. The molecule has 1 fully saturated rings. The number of Topliss-reactive ketones (excluding diaryl/α,β-unsaturated/α-hetero) is 2. The van der Waals surface area contributed by atoms with Crippen LogP contribution in [0.15, 0.2) is 73.3 Å². The summed E-state index contributed by atoms with van der Waals surface area (Å²) in [5.74, 6) is 0.812. The van der Waals surface area contributed by atoms with Crippen LogP contribution in [0.1, 0.15) is 71.4 Å². The van der Waals surface area contributed by atoms with Crippen LogP contribution in [0, 0.1) is 0 Å². The first-order valence-electron chi connectivity index (χ1n) is 13.1. The smallest absolute Gasteiger partial charge is 0.143 e. The third kappa shape index (κ3) is 6.97. The van der Waals surface area contributed by atoms with Crippen molar-refractivity contribution in [3.63, 3.8) is 0 Å². The van der Waals surface area contributed by atoms with Gasteiger partial charge in [0.1, 0.15) is 11.6 Å². The third-order valence-electron chi connectivity index (χ3n) is 7.05. The van der Waals surface area contributed by atoms with E-state index in [0.29, 0.717) is 36.1 Å². The van der Waals surface area contributed by atoms with Gasteiger partial charge in [-0.25, -0.2) is 0 Å². The Labute approximate surface area is 222 Å². The monoisotopic (exact) mass is 506 g/mol. The van der Waals surface area contributed by atoms with Crippen molar-refractivity contribution in [2.24, 2.45) is 0 Å². The molecule has 0 aromatic carbocycles. The fourth-order valence-electron chi connectivity index (χ4n) is 5.08. The van der Waals surface area contributed by atoms with Crippen LogP contribution in [0.5, 0.6) is 0 Å². The minimum absolute atomic E-state index is 0.108. The Balaban J connectivity index is 1.14. The van der Waals surface area contributed by atoms with E-state index in [1.807, 2.05) is 48.5 Å². The number of nitrogens with zero attached hydrogens (tertiary/aromatic N) is 6. The van der Waals surface area contributed by atoms with Crippen LogP contribution in [0.2, 0.25) is 0 Å². The van der Waals surface area contributed by atoms with Gasteiger partial charge in [0, 0.05) is 49.5 Å². The number of pyridine rings is 2. The predicted octanol–water partition coefficient (Wildman–Crippen LogP) is 4.21. The highest BCUT2D eigenvalue weighted by Gasteiger charge is 2.27. The lowest BCUT2D eigenvalue weighted by molar-refractivity contribution is -0.118. The van der Waals surface area contributed by atoms with Gasteiger partial charge in [-0.1, -0.05) is 6.42 Å². The number of hydrogen-bond acceptors (Lipinski definition) is 8. The fraction of sp³-hybridized carbons (Fsp3) is 0.333. The van der Waals surface area contributed by atoms with Gasteiger partial charge in [0.2, 0.25) is 0 Å². The second kappa shape index (κ2) is 12.4. The summed E-state index contributed by atoms with van der Waals surface area (Å²) in [7, 11) is 0. The molecule has 192 valence electrons.